The summed E-state index contributed by atoms with van der Waals surface area (Å²) >= 11 is 0. The van der Waals surface area contributed by atoms with E-state index in [1.54, 1.807) is 24.5 Å². The van der Waals surface area contributed by atoms with Gasteiger partial charge in [0.25, 0.3) is 0 Å². The molecule has 8 heteroatoms. The van der Waals surface area contributed by atoms with Crippen LogP contribution in [0.1, 0.15) is 17.0 Å². The Balaban J connectivity index is 1.42. The summed E-state index contributed by atoms with van der Waals surface area (Å²) in [6.45, 7) is 3.52. The highest BCUT2D eigenvalue weighted by Gasteiger charge is 2.31. The Morgan fingerprint density at radius 3 is 2.35 bits per heavy atom. The van der Waals surface area contributed by atoms with Crippen LogP contribution < -0.4 is 9.64 Å². The molecule has 0 bridgehead atoms. The highest BCUT2D eigenvalue weighted by Crippen LogP contribution is 2.30. The van der Waals surface area contributed by atoms with Gasteiger partial charge in [-0.2, -0.15) is 0 Å². The largest absolute Gasteiger partial charge is 0.573 e. The number of pyridine rings is 1. The van der Waals surface area contributed by atoms with Gasteiger partial charge in [-0.3, -0.25) is 4.98 Å². The fourth-order valence-corrected chi connectivity index (χ4v) is 4.14. The third-order valence-electron chi connectivity index (χ3n) is 5.73. The third-order valence-corrected chi connectivity index (χ3v) is 5.73. The van der Waals surface area contributed by atoms with Crippen LogP contribution in [0.25, 0.3) is 22.4 Å². The second-order valence-electron chi connectivity index (χ2n) is 8.13. The normalized spacial score (nSPS) is 13.5. The van der Waals surface area contributed by atoms with Crippen molar-refractivity contribution in [2.24, 2.45) is 0 Å². The lowest BCUT2D eigenvalue weighted by Crippen LogP contribution is -2.31. The van der Waals surface area contributed by atoms with E-state index in [1.807, 2.05) is 19.1 Å². The molecule has 3 heterocycles. The van der Waals surface area contributed by atoms with Crippen LogP contribution in [0.4, 0.5) is 19.0 Å². The number of nitrogens with zero attached hydrogens (tertiary/aromatic N) is 4. The average Bonchev–Trinajstić information content (AvgIpc) is 2.83. The molecule has 0 radical (unpaired) electrons. The van der Waals surface area contributed by atoms with Crippen LogP contribution in [-0.2, 0) is 13.0 Å². The van der Waals surface area contributed by atoms with Crippen LogP contribution in [0.5, 0.6) is 5.75 Å². The van der Waals surface area contributed by atoms with Crippen LogP contribution >= 0.6 is 0 Å². The molecule has 2 aromatic heterocycles. The van der Waals surface area contributed by atoms with E-state index in [-0.39, 0.29) is 5.75 Å². The number of hydrogen-bond donors (Lipinski definition) is 0. The van der Waals surface area contributed by atoms with Crippen LogP contribution in [0.2, 0.25) is 0 Å². The van der Waals surface area contributed by atoms with E-state index >= 15 is 0 Å². The molecule has 0 atom stereocenters. The first kappa shape index (κ1) is 21.9. The first-order valence-corrected chi connectivity index (χ1v) is 10.8. The molecule has 4 aromatic rings. The summed E-state index contributed by atoms with van der Waals surface area (Å²) in [5, 5.41) is 0. The van der Waals surface area contributed by atoms with Gasteiger partial charge in [-0.1, -0.05) is 36.4 Å². The van der Waals surface area contributed by atoms with Gasteiger partial charge in [-0.15, -0.1) is 13.2 Å². The summed E-state index contributed by atoms with van der Waals surface area (Å²) in [4.78, 5) is 15.9. The van der Waals surface area contributed by atoms with Crippen molar-refractivity contribution in [2.45, 2.75) is 26.3 Å². The van der Waals surface area contributed by atoms with Crippen molar-refractivity contribution in [3.8, 4) is 28.1 Å². The lowest BCUT2D eigenvalue weighted by Gasteiger charge is -2.30. The minimum absolute atomic E-state index is 0.264. The molecule has 5 rings (SSSR count). The molecule has 1 aliphatic rings. The van der Waals surface area contributed by atoms with Gasteiger partial charge in [0.1, 0.15) is 17.4 Å². The van der Waals surface area contributed by atoms with Crippen molar-refractivity contribution in [3.63, 3.8) is 0 Å². The molecule has 1 aliphatic heterocycles. The van der Waals surface area contributed by atoms with Gasteiger partial charge in [0.15, 0.2) is 0 Å². The molecule has 0 N–H and O–H groups in total. The summed E-state index contributed by atoms with van der Waals surface area (Å²) in [7, 11) is 0. The molecule has 0 fully saturated rings. The second kappa shape index (κ2) is 8.78. The zero-order valence-corrected chi connectivity index (χ0v) is 18.4. The average molecular weight is 462 g/mol. The topological polar surface area (TPSA) is 51.1 Å². The molecule has 0 amide bonds. The van der Waals surface area contributed by atoms with Crippen molar-refractivity contribution in [1.82, 2.24) is 15.0 Å². The van der Waals surface area contributed by atoms with Crippen LogP contribution in [-0.4, -0.2) is 27.9 Å². The Bertz CT molecular complexity index is 1320. The van der Waals surface area contributed by atoms with Gasteiger partial charge in [0.05, 0.1) is 5.69 Å². The Hall–Kier alpha value is -3.94. The maximum atomic E-state index is 12.4. The maximum Gasteiger partial charge on any atom is 0.573 e. The summed E-state index contributed by atoms with van der Waals surface area (Å²) in [6, 6.07) is 18.0. The number of ether oxygens (including phenoxy) is 1. The number of fused-ring (bicyclic) bond motifs is 1. The number of benzene rings is 2. The molecular weight excluding hydrogens is 441 g/mol. The Labute approximate surface area is 194 Å². The fraction of sp³-hybridized carbons (Fsp3) is 0.192. The minimum atomic E-state index is -4.72. The number of anilines is 1. The Morgan fingerprint density at radius 1 is 0.853 bits per heavy atom. The molecule has 5 nitrogen and oxygen atoms in total. The van der Waals surface area contributed by atoms with Gasteiger partial charge < -0.3 is 9.64 Å². The predicted molar refractivity (Wildman–Crippen MR) is 123 cm³/mol. The number of aromatic nitrogens is 3. The highest BCUT2D eigenvalue weighted by atomic mass is 19.4. The highest BCUT2D eigenvalue weighted by molar-refractivity contribution is 5.71. The zero-order valence-electron chi connectivity index (χ0n) is 18.4. The van der Waals surface area contributed by atoms with Crippen molar-refractivity contribution in [1.29, 1.82) is 0 Å². The lowest BCUT2D eigenvalue weighted by atomic mass is 10.00. The van der Waals surface area contributed by atoms with Gasteiger partial charge in [-0.05, 0) is 48.2 Å². The molecule has 0 aliphatic carbocycles. The standard InChI is InChI=1S/C26H21F3N4O/c1-17-31-24(13-25(32-17)33-11-10-18-4-2-3-5-20(18)16-33)22-12-21(14-30-15-22)19-6-8-23(9-7-19)34-26(27,28)29/h2-9,12-15H,10-11,16H2,1H3. The second-order valence-corrected chi connectivity index (χ2v) is 8.13. The van der Waals surface area contributed by atoms with Gasteiger partial charge in [0, 0.05) is 42.7 Å². The smallest absolute Gasteiger partial charge is 0.406 e. The lowest BCUT2D eigenvalue weighted by molar-refractivity contribution is -0.274. The van der Waals surface area contributed by atoms with E-state index in [0.717, 1.165) is 47.7 Å². The van der Waals surface area contributed by atoms with Gasteiger partial charge in [0.2, 0.25) is 0 Å². The summed E-state index contributed by atoms with van der Waals surface area (Å²) in [6.07, 6.45) is -0.372. The first-order valence-electron chi connectivity index (χ1n) is 10.8. The SMILES string of the molecule is Cc1nc(-c2cncc(-c3ccc(OC(F)(F)F)cc3)c2)cc(N2CCc3ccccc3C2)n1. The van der Waals surface area contributed by atoms with E-state index < -0.39 is 6.36 Å². The third kappa shape index (κ3) is 4.85. The van der Waals surface area contributed by atoms with Crippen molar-refractivity contribution in [2.75, 3.05) is 11.4 Å². The van der Waals surface area contributed by atoms with Gasteiger partial charge in [-0.25, -0.2) is 9.97 Å². The van der Waals surface area contributed by atoms with Crippen molar-refractivity contribution >= 4 is 5.82 Å². The Morgan fingerprint density at radius 2 is 1.59 bits per heavy atom. The molecule has 0 saturated carbocycles. The number of halogens is 3. The van der Waals surface area contributed by atoms with E-state index in [4.69, 9.17) is 0 Å². The van der Waals surface area contributed by atoms with Crippen LogP contribution in [0.3, 0.4) is 0 Å². The molecule has 0 spiro atoms. The molecule has 2 aromatic carbocycles. The quantitative estimate of drug-likeness (QED) is 0.374. The number of aryl methyl sites for hydroxylation is 1. The van der Waals surface area contributed by atoms with E-state index in [9.17, 15) is 13.2 Å². The molecule has 34 heavy (non-hydrogen) atoms. The number of alkyl halides is 3. The van der Waals surface area contributed by atoms with E-state index in [2.05, 4.69) is 48.9 Å². The van der Waals surface area contributed by atoms with E-state index in [1.165, 1.54) is 23.3 Å². The molecule has 0 unspecified atom stereocenters. The number of rotatable bonds is 4. The van der Waals surface area contributed by atoms with Crippen LogP contribution in [0.15, 0.2) is 73.1 Å². The van der Waals surface area contributed by atoms with Crippen molar-refractivity contribution in [3.05, 3.63) is 90.0 Å². The minimum Gasteiger partial charge on any atom is -0.406 e. The summed E-state index contributed by atoms with van der Waals surface area (Å²) in [5.74, 6) is 1.25. The van der Waals surface area contributed by atoms with Gasteiger partial charge >= 0.3 is 6.36 Å². The molecule has 172 valence electrons. The summed E-state index contributed by atoms with van der Waals surface area (Å²) < 4.78 is 41.2. The Kier molecular flexibility index (Phi) is 5.65. The molecule has 0 saturated heterocycles. The zero-order chi connectivity index (χ0) is 23.7. The van der Waals surface area contributed by atoms with Crippen molar-refractivity contribution < 1.29 is 17.9 Å². The maximum absolute atomic E-state index is 12.4. The van der Waals surface area contributed by atoms with E-state index in [0.29, 0.717) is 5.82 Å². The van der Waals surface area contributed by atoms with Crippen LogP contribution in [0, 0.1) is 6.92 Å². The monoisotopic (exact) mass is 462 g/mol. The number of hydrogen-bond acceptors (Lipinski definition) is 5. The first-order chi connectivity index (χ1) is 16.3. The summed E-state index contributed by atoms with van der Waals surface area (Å²) in [5.41, 5.74) is 5.70. The predicted octanol–water partition coefficient (Wildman–Crippen LogP) is 5.98. The molecular formula is C26H21F3N4O. The fourth-order valence-electron chi connectivity index (χ4n) is 4.14.